The fourth-order valence-electron chi connectivity index (χ4n) is 3.54. The Hall–Kier alpha value is -3.48. The number of ketones is 1. The minimum atomic E-state index is -0.727. The Labute approximate surface area is 168 Å². The quantitative estimate of drug-likeness (QED) is 0.486. The second-order valence-corrected chi connectivity index (χ2v) is 7.21. The van der Waals surface area contributed by atoms with Gasteiger partial charge in [0, 0.05) is 12.6 Å². The summed E-state index contributed by atoms with van der Waals surface area (Å²) in [6, 6.07) is 11.3. The first kappa shape index (κ1) is 18.9. The first-order valence-corrected chi connectivity index (χ1v) is 9.28. The normalized spacial score (nSPS) is 19.9. The van der Waals surface area contributed by atoms with Gasteiger partial charge < -0.3 is 24.2 Å². The molecule has 0 saturated carbocycles. The summed E-state index contributed by atoms with van der Waals surface area (Å²) >= 11 is 0. The van der Waals surface area contributed by atoms with Crippen LogP contribution < -0.4 is 14.2 Å². The number of amides is 1. The number of benzene rings is 2. The molecule has 150 valence electrons. The summed E-state index contributed by atoms with van der Waals surface area (Å²) in [7, 11) is 1.54. The lowest BCUT2D eigenvalue weighted by atomic mass is 9.95. The van der Waals surface area contributed by atoms with Crippen LogP contribution in [-0.2, 0) is 9.59 Å². The van der Waals surface area contributed by atoms with Crippen LogP contribution in [0.3, 0.4) is 0 Å². The van der Waals surface area contributed by atoms with E-state index in [1.807, 2.05) is 13.8 Å². The topological polar surface area (TPSA) is 85.3 Å². The van der Waals surface area contributed by atoms with Crippen LogP contribution in [0, 0.1) is 0 Å². The number of aliphatic hydroxyl groups excluding tert-OH is 1. The van der Waals surface area contributed by atoms with Gasteiger partial charge in [-0.2, -0.15) is 0 Å². The van der Waals surface area contributed by atoms with Crippen molar-refractivity contribution in [2.45, 2.75) is 26.0 Å². The van der Waals surface area contributed by atoms with Gasteiger partial charge in [-0.15, -0.1) is 0 Å². The molecule has 2 heterocycles. The minimum Gasteiger partial charge on any atom is -0.507 e. The maximum atomic E-state index is 12.7. The number of hydrogen-bond donors (Lipinski definition) is 1. The van der Waals surface area contributed by atoms with Gasteiger partial charge in [0.2, 0.25) is 6.79 Å². The predicted octanol–water partition coefficient (Wildman–Crippen LogP) is 3.25. The minimum absolute atomic E-state index is 0.0312. The van der Waals surface area contributed by atoms with Crippen molar-refractivity contribution in [3.63, 3.8) is 0 Å². The van der Waals surface area contributed by atoms with Crippen molar-refractivity contribution >= 4 is 17.4 Å². The highest BCUT2D eigenvalue weighted by Gasteiger charge is 2.44. The summed E-state index contributed by atoms with van der Waals surface area (Å²) < 4.78 is 16.3. The summed E-state index contributed by atoms with van der Waals surface area (Å²) in [5, 5.41) is 10.9. The molecule has 1 unspecified atom stereocenters. The van der Waals surface area contributed by atoms with Gasteiger partial charge in [0.25, 0.3) is 11.7 Å². The second kappa shape index (κ2) is 7.16. The number of carbonyl (C=O) groups excluding carboxylic acids is 2. The molecule has 0 aromatic heterocycles. The van der Waals surface area contributed by atoms with Crippen LogP contribution in [0.2, 0.25) is 0 Å². The number of nitrogens with zero attached hydrogens (tertiary/aromatic N) is 1. The van der Waals surface area contributed by atoms with E-state index in [9.17, 15) is 14.7 Å². The standard InChI is InChI=1S/C22H21NO6/c1-12(2)29-15-7-4-13(5-8-15)19-18(21(25)22(26)23(19)3)20(24)14-6-9-16-17(10-14)28-11-27-16/h4-10,12,19,24H,11H2,1-3H3/b20-18+. The molecule has 1 atom stereocenters. The molecule has 2 aromatic carbocycles. The van der Waals surface area contributed by atoms with Crippen LogP contribution in [0.25, 0.3) is 5.76 Å². The molecular weight excluding hydrogens is 374 g/mol. The number of ether oxygens (including phenoxy) is 3. The molecule has 2 aliphatic heterocycles. The number of likely N-dealkylation sites (tertiary alicyclic amines) is 1. The van der Waals surface area contributed by atoms with Crippen LogP contribution in [0.4, 0.5) is 0 Å². The van der Waals surface area contributed by atoms with Gasteiger partial charge in [0.05, 0.1) is 17.7 Å². The molecule has 7 nitrogen and oxygen atoms in total. The fraction of sp³-hybridized carbons (Fsp3) is 0.273. The van der Waals surface area contributed by atoms with E-state index in [1.165, 1.54) is 4.90 Å². The highest BCUT2D eigenvalue weighted by Crippen LogP contribution is 2.40. The molecule has 0 spiro atoms. The number of fused-ring (bicyclic) bond motifs is 1. The van der Waals surface area contributed by atoms with Crippen molar-refractivity contribution in [2.24, 2.45) is 0 Å². The van der Waals surface area contributed by atoms with Crippen molar-refractivity contribution in [3.8, 4) is 17.2 Å². The summed E-state index contributed by atoms with van der Waals surface area (Å²) in [5.74, 6) is 0.0855. The average molecular weight is 395 g/mol. The molecule has 1 fully saturated rings. The van der Waals surface area contributed by atoms with Crippen molar-refractivity contribution in [2.75, 3.05) is 13.8 Å². The Kier molecular flexibility index (Phi) is 4.66. The number of hydrogen-bond acceptors (Lipinski definition) is 6. The SMILES string of the molecule is CC(C)Oc1ccc(C2/C(=C(\O)c3ccc4c(c3)OCO4)C(=O)C(=O)N2C)cc1. The lowest BCUT2D eigenvalue weighted by molar-refractivity contribution is -0.139. The zero-order valence-corrected chi connectivity index (χ0v) is 16.3. The first-order chi connectivity index (χ1) is 13.9. The zero-order chi connectivity index (χ0) is 20.7. The maximum Gasteiger partial charge on any atom is 0.295 e. The van der Waals surface area contributed by atoms with Crippen molar-refractivity contribution in [1.82, 2.24) is 4.90 Å². The van der Waals surface area contributed by atoms with Gasteiger partial charge in [0.1, 0.15) is 11.5 Å². The Morgan fingerprint density at radius 1 is 1.10 bits per heavy atom. The molecule has 7 heteroatoms. The van der Waals surface area contributed by atoms with Gasteiger partial charge in [-0.25, -0.2) is 0 Å². The molecule has 1 saturated heterocycles. The molecule has 4 rings (SSSR count). The van der Waals surface area contributed by atoms with E-state index in [0.29, 0.717) is 28.4 Å². The molecule has 0 radical (unpaired) electrons. The third kappa shape index (κ3) is 3.29. The highest BCUT2D eigenvalue weighted by atomic mass is 16.7. The van der Waals surface area contributed by atoms with Crippen molar-refractivity contribution < 1.29 is 28.9 Å². The van der Waals surface area contributed by atoms with Gasteiger partial charge >= 0.3 is 0 Å². The van der Waals surface area contributed by atoms with Gasteiger partial charge in [-0.05, 0) is 49.7 Å². The molecule has 2 aliphatic rings. The molecule has 1 N–H and O–H groups in total. The second-order valence-electron chi connectivity index (χ2n) is 7.21. The van der Waals surface area contributed by atoms with Crippen LogP contribution >= 0.6 is 0 Å². The summed E-state index contributed by atoms with van der Waals surface area (Å²) in [6.07, 6.45) is 0.0312. The summed E-state index contributed by atoms with van der Waals surface area (Å²) in [5.41, 5.74) is 1.12. The highest BCUT2D eigenvalue weighted by molar-refractivity contribution is 6.46. The monoisotopic (exact) mass is 395 g/mol. The van der Waals surface area contributed by atoms with E-state index in [0.717, 1.165) is 0 Å². The van der Waals surface area contributed by atoms with Crippen LogP contribution in [-0.4, -0.2) is 41.6 Å². The smallest absolute Gasteiger partial charge is 0.295 e. The van der Waals surface area contributed by atoms with E-state index in [1.54, 1.807) is 49.5 Å². The van der Waals surface area contributed by atoms with Crippen molar-refractivity contribution in [1.29, 1.82) is 0 Å². The predicted molar refractivity (Wildman–Crippen MR) is 105 cm³/mol. The van der Waals surface area contributed by atoms with E-state index < -0.39 is 17.7 Å². The van der Waals surface area contributed by atoms with Gasteiger partial charge in [0.15, 0.2) is 11.5 Å². The number of likely N-dealkylation sites (N-methyl/N-ethyl adjacent to an activating group) is 1. The fourth-order valence-corrected chi connectivity index (χ4v) is 3.54. The number of rotatable bonds is 4. The van der Waals surface area contributed by atoms with Gasteiger partial charge in [-0.1, -0.05) is 12.1 Å². The number of Topliss-reactive ketones (excluding diaryl/α,β-unsaturated/α-hetero) is 1. The Morgan fingerprint density at radius 2 is 1.79 bits per heavy atom. The first-order valence-electron chi connectivity index (χ1n) is 9.28. The van der Waals surface area contributed by atoms with Crippen LogP contribution in [0.1, 0.15) is 31.0 Å². The average Bonchev–Trinajstić information content (AvgIpc) is 3.25. The number of carbonyl (C=O) groups is 2. The summed E-state index contributed by atoms with van der Waals surface area (Å²) in [4.78, 5) is 26.4. The van der Waals surface area contributed by atoms with E-state index in [-0.39, 0.29) is 24.2 Å². The van der Waals surface area contributed by atoms with Crippen molar-refractivity contribution in [3.05, 3.63) is 59.2 Å². The third-order valence-electron chi connectivity index (χ3n) is 4.89. The molecule has 0 bridgehead atoms. The van der Waals surface area contributed by atoms with E-state index in [2.05, 4.69) is 0 Å². The summed E-state index contributed by atoms with van der Waals surface area (Å²) in [6.45, 7) is 3.96. The molecule has 29 heavy (non-hydrogen) atoms. The van der Waals surface area contributed by atoms with Crippen LogP contribution in [0.5, 0.6) is 17.2 Å². The largest absolute Gasteiger partial charge is 0.507 e. The molecule has 1 amide bonds. The maximum absolute atomic E-state index is 12.7. The Bertz CT molecular complexity index is 1010. The van der Waals surface area contributed by atoms with Crippen LogP contribution in [0.15, 0.2) is 48.0 Å². The lowest BCUT2D eigenvalue weighted by Gasteiger charge is -2.21. The van der Waals surface area contributed by atoms with E-state index in [4.69, 9.17) is 14.2 Å². The lowest BCUT2D eigenvalue weighted by Crippen LogP contribution is -2.24. The van der Waals surface area contributed by atoms with Gasteiger partial charge in [-0.3, -0.25) is 9.59 Å². The molecule has 0 aliphatic carbocycles. The molecule has 2 aromatic rings. The zero-order valence-electron chi connectivity index (χ0n) is 16.3. The molecular formula is C22H21NO6. The number of aliphatic hydroxyl groups is 1. The van der Waals surface area contributed by atoms with E-state index >= 15 is 0 Å². The Morgan fingerprint density at radius 3 is 2.48 bits per heavy atom. The third-order valence-corrected chi connectivity index (χ3v) is 4.89. The Balaban J connectivity index is 1.76.